The van der Waals surface area contributed by atoms with Crippen molar-refractivity contribution in [3.63, 3.8) is 0 Å². The predicted molar refractivity (Wildman–Crippen MR) is 150 cm³/mol. The number of aliphatic hydroxyl groups excluding tert-OH is 1. The summed E-state index contributed by atoms with van der Waals surface area (Å²) in [5.74, 6) is 0.429. The lowest BCUT2D eigenvalue weighted by Gasteiger charge is -2.23. The molecule has 0 amide bonds. The zero-order valence-corrected chi connectivity index (χ0v) is 22.3. The molecule has 5 N–H and O–H groups in total. The van der Waals surface area contributed by atoms with Crippen molar-refractivity contribution in [3.05, 3.63) is 88.9 Å². The molecule has 2 unspecified atom stereocenters. The van der Waals surface area contributed by atoms with Crippen molar-refractivity contribution < 1.29 is 22.7 Å². The summed E-state index contributed by atoms with van der Waals surface area (Å²) in [6, 6.07) is 8.26. The summed E-state index contributed by atoms with van der Waals surface area (Å²) in [5, 5.41) is 22.4. The Labute approximate surface area is 230 Å². The van der Waals surface area contributed by atoms with Crippen LogP contribution in [0.25, 0.3) is 6.08 Å². The van der Waals surface area contributed by atoms with Crippen LogP contribution >= 0.6 is 0 Å². The highest BCUT2D eigenvalue weighted by Gasteiger charge is 2.32. The lowest BCUT2D eigenvalue weighted by atomic mass is 10.1. The van der Waals surface area contributed by atoms with Crippen LogP contribution in [0.1, 0.15) is 55.2 Å². The zero-order valence-electron chi connectivity index (χ0n) is 22.3. The molecule has 2 heterocycles. The van der Waals surface area contributed by atoms with Crippen molar-refractivity contribution in [2.75, 3.05) is 11.9 Å². The summed E-state index contributed by atoms with van der Waals surface area (Å²) in [5.41, 5.74) is 7.69. The number of allylic oxidation sites excluding steroid dienone is 3. The van der Waals surface area contributed by atoms with Crippen molar-refractivity contribution in [2.45, 2.75) is 51.8 Å². The maximum Gasteiger partial charge on any atom is 0.417 e. The third-order valence-electron chi connectivity index (χ3n) is 5.92. The molecule has 2 atom stereocenters. The first kappa shape index (κ1) is 30.4. The van der Waals surface area contributed by atoms with Gasteiger partial charge >= 0.3 is 6.18 Å². The number of nitrogens with one attached hydrogen (secondary N) is 2. The molecule has 1 aliphatic rings. The van der Waals surface area contributed by atoms with Crippen LogP contribution in [0.2, 0.25) is 0 Å². The molecular weight excluding hydrogens is 526 g/mol. The van der Waals surface area contributed by atoms with Gasteiger partial charge in [-0.15, -0.1) is 6.58 Å². The summed E-state index contributed by atoms with van der Waals surface area (Å²) in [7, 11) is 0. The molecule has 0 saturated carbocycles. The average molecular weight is 560 g/mol. The summed E-state index contributed by atoms with van der Waals surface area (Å²) in [6.07, 6.45) is 0.0417. The van der Waals surface area contributed by atoms with Gasteiger partial charge in [0, 0.05) is 37.0 Å². The van der Waals surface area contributed by atoms with Gasteiger partial charge in [-0.05, 0) is 36.6 Å². The number of alkyl halides is 4. The third kappa shape index (κ3) is 8.40. The van der Waals surface area contributed by atoms with Crippen LogP contribution in [0.15, 0.2) is 76.7 Å². The Morgan fingerprint density at radius 1 is 1.25 bits per heavy atom. The highest BCUT2D eigenvalue weighted by atomic mass is 19.4. The third-order valence-corrected chi connectivity index (χ3v) is 5.92. The fourth-order valence-corrected chi connectivity index (χ4v) is 3.76. The first-order valence-electron chi connectivity index (χ1n) is 12.6. The number of benzene rings is 1. The highest BCUT2D eigenvalue weighted by molar-refractivity contribution is 6.04. The summed E-state index contributed by atoms with van der Waals surface area (Å²) < 4.78 is 53.6. The number of hydrogen-bond donors (Lipinski definition) is 4. The molecule has 8 nitrogen and oxygen atoms in total. The quantitative estimate of drug-likeness (QED) is 0.156. The zero-order chi connectivity index (χ0) is 29.3. The predicted octanol–water partition coefficient (Wildman–Crippen LogP) is 5.48. The molecular formula is C28H33F4N7O. The molecule has 0 spiro atoms. The van der Waals surface area contributed by atoms with Crippen molar-refractivity contribution in [3.8, 4) is 0 Å². The number of pyridine rings is 1. The minimum Gasteiger partial charge on any atom is -0.382 e. The van der Waals surface area contributed by atoms with E-state index in [0.29, 0.717) is 30.0 Å². The van der Waals surface area contributed by atoms with Crippen LogP contribution in [0.5, 0.6) is 0 Å². The van der Waals surface area contributed by atoms with Crippen LogP contribution < -0.4 is 16.4 Å². The number of amidine groups is 1. The number of anilines is 1. The van der Waals surface area contributed by atoms with Crippen LogP contribution in [0, 0.1) is 0 Å². The number of hydrogen-bond acceptors (Lipinski definition) is 8. The van der Waals surface area contributed by atoms with Crippen LogP contribution in [-0.2, 0) is 12.7 Å². The van der Waals surface area contributed by atoms with Gasteiger partial charge < -0.3 is 21.5 Å². The van der Waals surface area contributed by atoms with E-state index in [1.807, 2.05) is 37.3 Å². The van der Waals surface area contributed by atoms with E-state index in [9.17, 15) is 22.7 Å². The van der Waals surface area contributed by atoms with Gasteiger partial charge in [-0.1, -0.05) is 43.3 Å². The molecule has 2 aromatic rings. The monoisotopic (exact) mass is 559 g/mol. The Morgan fingerprint density at radius 3 is 2.62 bits per heavy atom. The van der Waals surface area contributed by atoms with E-state index in [-0.39, 0.29) is 24.3 Å². The second-order valence-corrected chi connectivity index (χ2v) is 9.07. The van der Waals surface area contributed by atoms with Crippen molar-refractivity contribution in [1.82, 2.24) is 15.3 Å². The first-order valence-corrected chi connectivity index (χ1v) is 12.6. The number of aromatic nitrogens is 1. The van der Waals surface area contributed by atoms with Gasteiger partial charge in [-0.3, -0.25) is 5.01 Å². The van der Waals surface area contributed by atoms with E-state index in [2.05, 4.69) is 32.3 Å². The number of rotatable bonds is 12. The van der Waals surface area contributed by atoms with Gasteiger partial charge in [0.1, 0.15) is 24.0 Å². The molecule has 3 rings (SSSR count). The largest absolute Gasteiger partial charge is 0.417 e. The summed E-state index contributed by atoms with van der Waals surface area (Å²) >= 11 is 0. The Bertz CT molecular complexity index is 1290. The molecule has 0 bridgehead atoms. The van der Waals surface area contributed by atoms with E-state index >= 15 is 0 Å². The lowest BCUT2D eigenvalue weighted by molar-refractivity contribution is -0.137. The van der Waals surface area contributed by atoms with Gasteiger partial charge in [-0.2, -0.15) is 18.3 Å². The topological polar surface area (TPSA) is 111 Å². The minimum absolute atomic E-state index is 0.0108. The van der Waals surface area contributed by atoms with E-state index in [4.69, 9.17) is 5.73 Å². The first-order chi connectivity index (χ1) is 19.0. The number of aliphatic imine (C=N–C) groups is 1. The maximum absolute atomic E-state index is 13.5. The van der Waals surface area contributed by atoms with Crippen LogP contribution in [0.3, 0.4) is 0 Å². The van der Waals surface area contributed by atoms with Gasteiger partial charge in [-0.25, -0.2) is 14.4 Å². The second-order valence-electron chi connectivity index (χ2n) is 9.07. The second kappa shape index (κ2) is 13.7. The van der Waals surface area contributed by atoms with Gasteiger partial charge in [0.05, 0.1) is 5.56 Å². The number of nitrogens with zero attached hydrogens (tertiary/aromatic N) is 4. The standard InChI is InChI=1S/C28H33F4N7O/c1-4-12-39-24(25(33)36-17-37-39)13-19-7-9-20(10-8-19)15-34-26-23(14-21(16-35-26)28(30,31)32)27(40)38-18(3)6-11-22(29)5-2/h5-10,13-14,16-17,22,27,38,40H,2,4,11-12,15H2,1,3H3,(H,34,35)(H2,33,36,37)/b18-6+,24-13+. The highest BCUT2D eigenvalue weighted by Crippen LogP contribution is 2.32. The number of nitrogens with two attached hydrogens (primary N) is 1. The molecule has 0 aliphatic carbocycles. The van der Waals surface area contributed by atoms with E-state index in [0.717, 1.165) is 29.7 Å². The van der Waals surface area contributed by atoms with Gasteiger partial charge in [0.2, 0.25) is 0 Å². The fourth-order valence-electron chi connectivity index (χ4n) is 3.76. The van der Waals surface area contributed by atoms with Gasteiger partial charge in [0.15, 0.2) is 12.1 Å². The normalized spacial score (nSPS) is 16.5. The van der Waals surface area contributed by atoms with Crippen LogP contribution in [0.4, 0.5) is 23.4 Å². The number of hydrazone groups is 1. The Kier molecular flexibility index (Phi) is 10.4. The Balaban J connectivity index is 1.77. The summed E-state index contributed by atoms with van der Waals surface area (Å²) in [4.78, 5) is 7.99. The van der Waals surface area contributed by atoms with Crippen molar-refractivity contribution in [2.24, 2.45) is 15.8 Å². The minimum atomic E-state index is -4.65. The fraction of sp³-hybridized carbons (Fsp3) is 0.321. The molecule has 40 heavy (non-hydrogen) atoms. The molecule has 214 valence electrons. The molecule has 0 fully saturated rings. The van der Waals surface area contributed by atoms with Crippen LogP contribution in [-0.4, -0.2) is 40.0 Å². The van der Waals surface area contributed by atoms with E-state index < -0.39 is 24.1 Å². The molecule has 1 aliphatic heterocycles. The molecule has 0 radical (unpaired) electrons. The van der Waals surface area contributed by atoms with Crippen molar-refractivity contribution in [1.29, 1.82) is 0 Å². The maximum atomic E-state index is 13.5. The molecule has 12 heteroatoms. The SMILES string of the molecule is C=CC(F)C/C=C(\C)NC(O)c1cc(C(F)(F)F)cnc1NCc1ccc(/C=C2\C(N)=NC=NN2CCC)cc1. The lowest BCUT2D eigenvalue weighted by Crippen LogP contribution is -2.31. The summed E-state index contributed by atoms with van der Waals surface area (Å²) in [6.45, 7) is 7.88. The number of aliphatic hydroxyl groups is 1. The van der Waals surface area contributed by atoms with E-state index in [1.165, 1.54) is 12.4 Å². The Hall–Kier alpha value is -4.19. The molecule has 0 saturated heterocycles. The Morgan fingerprint density at radius 2 is 1.98 bits per heavy atom. The van der Waals surface area contributed by atoms with Gasteiger partial charge in [0.25, 0.3) is 0 Å². The smallest absolute Gasteiger partial charge is 0.382 e. The average Bonchev–Trinajstić information content (AvgIpc) is 2.92. The van der Waals surface area contributed by atoms with E-state index in [1.54, 1.807) is 11.9 Å². The molecule has 1 aromatic carbocycles. The molecule has 1 aromatic heterocycles. The number of halogens is 4. The van der Waals surface area contributed by atoms with Crippen molar-refractivity contribution >= 4 is 24.1 Å².